The van der Waals surface area contributed by atoms with Crippen LogP contribution in [-0.4, -0.2) is 18.3 Å². The Morgan fingerprint density at radius 2 is 1.39 bits per heavy atom. The Bertz CT molecular complexity index is 1840. The van der Waals surface area contributed by atoms with Gasteiger partial charge < -0.3 is 0 Å². The fourth-order valence-corrected chi connectivity index (χ4v) is 7.68. The third-order valence-electron chi connectivity index (χ3n) is 7.10. The number of hydrogen-bond donors (Lipinski definition) is 0. The van der Waals surface area contributed by atoms with Crippen LogP contribution in [0.25, 0.3) is 54.7 Å². The molecule has 2 nitrogen and oxygen atoms in total. The van der Waals surface area contributed by atoms with Gasteiger partial charge in [-0.1, -0.05) is 24.3 Å². The Balaban J connectivity index is 1.58. The third kappa shape index (κ3) is 3.77. The van der Waals surface area contributed by atoms with E-state index in [0.29, 0.717) is 5.56 Å². The van der Waals surface area contributed by atoms with E-state index in [-0.39, 0.29) is 0 Å². The van der Waals surface area contributed by atoms with E-state index in [1.165, 1.54) is 31.7 Å². The maximum atomic E-state index is 9.80. The molecule has 0 saturated carbocycles. The number of rotatable bonds is 3. The molecule has 1 heterocycles. The number of aromatic nitrogens is 1. The molecule has 0 unspecified atom stereocenters. The molecule has 6 rings (SSSR count). The summed E-state index contributed by atoms with van der Waals surface area (Å²) in [6.45, 7) is 0. The summed E-state index contributed by atoms with van der Waals surface area (Å²) >= 11 is -1.94. The predicted molar refractivity (Wildman–Crippen MR) is 155 cm³/mol. The molecule has 0 fully saturated rings. The van der Waals surface area contributed by atoms with E-state index in [4.69, 9.17) is 4.98 Å². The molecule has 0 aliphatic rings. The molecule has 36 heavy (non-hydrogen) atoms. The molecule has 0 bridgehead atoms. The minimum absolute atomic E-state index is 0.675. The standard InChI is InChI=1S/C33H26GeN2/c1-34(2,3)26-10-6-9-23(20-26)28-12-7-13-29-30(28)14-15-32-31(29)16-17-36-33(32)24-18-22-8-4-5-11-27(22)25(19-24)21-35/h4-20H,1-3H3. The SMILES string of the molecule is [CH3][Ge]([CH3])([CH3])[c]1cccc(-c2cccc3c2ccc2c(-c4cc(C#N)c5ccccc5c4)nccc23)c1. The maximum absolute atomic E-state index is 9.80. The molecule has 6 aromatic rings. The van der Waals surface area contributed by atoms with Crippen molar-refractivity contribution in [3.63, 3.8) is 0 Å². The van der Waals surface area contributed by atoms with Crippen molar-refractivity contribution in [1.82, 2.24) is 4.98 Å². The molecule has 0 radical (unpaired) electrons. The second-order valence-corrected chi connectivity index (χ2v) is 21.1. The van der Waals surface area contributed by atoms with Crippen molar-refractivity contribution >= 4 is 50.0 Å². The minimum atomic E-state index is -1.94. The van der Waals surface area contributed by atoms with Crippen LogP contribution in [0, 0.1) is 11.3 Å². The van der Waals surface area contributed by atoms with Crippen LogP contribution in [0.1, 0.15) is 5.56 Å². The molecule has 5 aromatic carbocycles. The van der Waals surface area contributed by atoms with Crippen LogP contribution in [0.2, 0.25) is 17.3 Å². The number of hydrogen-bond acceptors (Lipinski definition) is 2. The van der Waals surface area contributed by atoms with Crippen LogP contribution >= 0.6 is 0 Å². The van der Waals surface area contributed by atoms with Gasteiger partial charge in [0.15, 0.2) is 0 Å². The third-order valence-corrected chi connectivity index (χ3v) is 11.4. The van der Waals surface area contributed by atoms with Crippen LogP contribution in [0.5, 0.6) is 0 Å². The molecule has 3 heteroatoms. The van der Waals surface area contributed by atoms with Crippen molar-refractivity contribution in [3.8, 4) is 28.5 Å². The van der Waals surface area contributed by atoms with Gasteiger partial charge in [-0.2, -0.15) is 5.26 Å². The Morgan fingerprint density at radius 1 is 0.639 bits per heavy atom. The molecular formula is C33H26GeN2. The van der Waals surface area contributed by atoms with Crippen LogP contribution < -0.4 is 4.40 Å². The van der Waals surface area contributed by atoms with Crippen molar-refractivity contribution in [1.29, 1.82) is 5.26 Å². The second kappa shape index (κ2) is 8.62. The van der Waals surface area contributed by atoms with Gasteiger partial charge in [0, 0.05) is 0 Å². The summed E-state index contributed by atoms with van der Waals surface area (Å²) in [5, 5.41) is 16.6. The summed E-state index contributed by atoms with van der Waals surface area (Å²) in [4.78, 5) is 4.78. The first-order chi connectivity index (χ1) is 17.4. The summed E-state index contributed by atoms with van der Waals surface area (Å²) in [5.41, 5.74) is 5.09. The van der Waals surface area contributed by atoms with Gasteiger partial charge in [-0.15, -0.1) is 0 Å². The van der Waals surface area contributed by atoms with Gasteiger partial charge in [-0.3, -0.25) is 0 Å². The number of nitriles is 1. The molecule has 0 aliphatic heterocycles. The zero-order valence-electron chi connectivity index (χ0n) is 20.7. The van der Waals surface area contributed by atoms with Crippen molar-refractivity contribution < 1.29 is 0 Å². The molecule has 172 valence electrons. The Labute approximate surface area is 214 Å². The average Bonchev–Trinajstić information content (AvgIpc) is 2.91. The number of nitrogens with zero attached hydrogens (tertiary/aromatic N) is 2. The zero-order chi connectivity index (χ0) is 24.9. The first-order valence-corrected chi connectivity index (χ1v) is 19.6. The molecular weight excluding hydrogens is 497 g/mol. The molecule has 0 spiro atoms. The van der Waals surface area contributed by atoms with Gasteiger partial charge in [0.05, 0.1) is 6.07 Å². The first kappa shape index (κ1) is 22.5. The van der Waals surface area contributed by atoms with Crippen molar-refractivity contribution in [3.05, 3.63) is 109 Å². The van der Waals surface area contributed by atoms with E-state index in [2.05, 4.69) is 96.1 Å². The molecule has 0 aliphatic carbocycles. The molecule has 1 aromatic heterocycles. The van der Waals surface area contributed by atoms with Crippen LogP contribution in [0.15, 0.2) is 103 Å². The van der Waals surface area contributed by atoms with E-state index in [9.17, 15) is 5.26 Å². The van der Waals surface area contributed by atoms with Crippen molar-refractivity contribution in [2.24, 2.45) is 0 Å². The van der Waals surface area contributed by atoms with E-state index in [1.54, 1.807) is 0 Å². The van der Waals surface area contributed by atoms with Gasteiger partial charge in [-0.25, -0.2) is 0 Å². The monoisotopic (exact) mass is 524 g/mol. The normalized spacial score (nSPS) is 11.7. The quantitative estimate of drug-likeness (QED) is 0.173. The molecule has 0 atom stereocenters. The number of benzene rings is 5. The van der Waals surface area contributed by atoms with Gasteiger partial charge in [0.1, 0.15) is 0 Å². The summed E-state index contributed by atoms with van der Waals surface area (Å²) in [7, 11) is 0. The number of pyridine rings is 1. The fraction of sp³-hybridized carbons (Fsp3) is 0.0909. The van der Waals surface area contributed by atoms with Gasteiger partial charge in [-0.05, 0) is 5.39 Å². The van der Waals surface area contributed by atoms with Gasteiger partial charge in [0.2, 0.25) is 0 Å². The zero-order valence-corrected chi connectivity index (χ0v) is 22.8. The Kier molecular flexibility index (Phi) is 5.39. The van der Waals surface area contributed by atoms with Crippen molar-refractivity contribution in [2.75, 3.05) is 0 Å². The van der Waals surface area contributed by atoms with Gasteiger partial charge >= 0.3 is 174 Å². The van der Waals surface area contributed by atoms with Gasteiger partial charge in [0.25, 0.3) is 0 Å². The fourth-order valence-electron chi connectivity index (χ4n) is 5.20. The molecule has 0 saturated heterocycles. The summed E-state index contributed by atoms with van der Waals surface area (Å²) < 4.78 is 1.52. The molecule has 0 amide bonds. The van der Waals surface area contributed by atoms with Crippen LogP contribution in [-0.2, 0) is 0 Å². The van der Waals surface area contributed by atoms with E-state index in [1.807, 2.05) is 30.5 Å². The van der Waals surface area contributed by atoms with E-state index < -0.39 is 13.3 Å². The summed E-state index contributed by atoms with van der Waals surface area (Å²) in [6, 6.07) is 36.8. The second-order valence-electron chi connectivity index (χ2n) is 10.4. The summed E-state index contributed by atoms with van der Waals surface area (Å²) in [5.74, 6) is 7.32. The van der Waals surface area contributed by atoms with E-state index in [0.717, 1.165) is 27.4 Å². The molecule has 0 N–H and O–H groups in total. The Morgan fingerprint density at radius 3 is 2.22 bits per heavy atom. The first-order valence-electron chi connectivity index (χ1n) is 12.3. The van der Waals surface area contributed by atoms with Crippen molar-refractivity contribution in [2.45, 2.75) is 17.3 Å². The topological polar surface area (TPSA) is 36.7 Å². The average molecular weight is 523 g/mol. The Hall–Kier alpha value is -3.94. The number of fused-ring (bicyclic) bond motifs is 4. The van der Waals surface area contributed by atoms with E-state index >= 15 is 0 Å². The van der Waals surface area contributed by atoms with Crippen LogP contribution in [0.4, 0.5) is 0 Å². The summed E-state index contributed by atoms with van der Waals surface area (Å²) in [6.07, 6.45) is 1.89. The predicted octanol–water partition coefficient (Wildman–Crippen LogP) is 8.29. The van der Waals surface area contributed by atoms with Crippen LogP contribution in [0.3, 0.4) is 0 Å².